The van der Waals surface area contributed by atoms with Gasteiger partial charge in [-0.05, 0) is 30.0 Å². The van der Waals surface area contributed by atoms with Crippen LogP contribution in [-0.4, -0.2) is 16.9 Å². The van der Waals surface area contributed by atoms with Crippen LogP contribution in [0.4, 0.5) is 13.2 Å². The fraction of sp³-hybridized carbons (Fsp3) is 0.125. The van der Waals surface area contributed by atoms with Crippen LogP contribution in [0.15, 0.2) is 41.8 Å². The van der Waals surface area contributed by atoms with Crippen LogP contribution in [0.25, 0.3) is 21.5 Å². The van der Waals surface area contributed by atoms with Crippen LogP contribution in [0.5, 0.6) is 0 Å². The van der Waals surface area contributed by atoms with E-state index in [0.29, 0.717) is 21.3 Å². The Morgan fingerprint density at radius 1 is 1.13 bits per heavy atom. The number of para-hydroxylation sites is 1. The first-order chi connectivity index (χ1) is 10.4. The zero-order valence-corrected chi connectivity index (χ0v) is 13.5. The van der Waals surface area contributed by atoms with Crippen molar-refractivity contribution >= 4 is 40.4 Å². The lowest BCUT2D eigenvalue weighted by atomic mass is 9.97. The summed E-state index contributed by atoms with van der Waals surface area (Å²) >= 11 is 1.25. The second kappa shape index (κ2) is 6.29. The number of rotatable bonds is 2. The fourth-order valence-corrected chi connectivity index (χ4v) is 3.11. The molecule has 0 aliphatic rings. The van der Waals surface area contributed by atoms with Gasteiger partial charge in [-0.1, -0.05) is 24.3 Å². The molecule has 1 aromatic carbocycles. The van der Waals surface area contributed by atoms with Crippen molar-refractivity contribution in [3.63, 3.8) is 0 Å². The number of aromatic nitrogens is 1. The highest BCUT2D eigenvalue weighted by atomic mass is 35.5. The maximum Gasteiger partial charge on any atom is 0.454 e. The van der Waals surface area contributed by atoms with Crippen LogP contribution in [0, 0.1) is 6.92 Å². The second-order valence-electron chi connectivity index (χ2n) is 4.78. The molecule has 0 saturated carbocycles. The summed E-state index contributed by atoms with van der Waals surface area (Å²) in [5, 5.41) is 2.29. The molecule has 0 unspecified atom stereocenters. The quantitative estimate of drug-likeness (QED) is 0.572. The minimum atomic E-state index is -4.93. The van der Waals surface area contributed by atoms with Crippen LogP contribution < -0.4 is 0 Å². The topological polar surface area (TPSA) is 30.0 Å². The molecular formula is C16H11ClF3NOS. The molecule has 3 aromatic rings. The Balaban J connectivity index is 0.00000192. The van der Waals surface area contributed by atoms with Crippen molar-refractivity contribution in [1.82, 2.24) is 4.98 Å². The zero-order chi connectivity index (χ0) is 15.9. The molecule has 3 rings (SSSR count). The van der Waals surface area contributed by atoms with Gasteiger partial charge in [-0.2, -0.15) is 13.2 Å². The molecule has 0 amide bonds. The standard InChI is InChI=1S/C16H10F3NOS.ClH/c1-9-10-5-2-3-6-11(10)20-14(12-7-4-8-22-12)13(9)15(21)16(17,18)19;/h2-8H,1H3;1H. The molecule has 0 atom stereocenters. The highest BCUT2D eigenvalue weighted by molar-refractivity contribution is 7.13. The lowest BCUT2D eigenvalue weighted by molar-refractivity contribution is -0.0885. The van der Waals surface area contributed by atoms with E-state index in [-0.39, 0.29) is 23.7 Å². The van der Waals surface area contributed by atoms with Crippen LogP contribution >= 0.6 is 23.7 Å². The molecule has 0 saturated heterocycles. The summed E-state index contributed by atoms with van der Waals surface area (Å²) in [5.74, 6) is -1.85. The molecule has 0 aliphatic heterocycles. The number of nitrogens with zero attached hydrogens (tertiary/aromatic N) is 1. The van der Waals surface area contributed by atoms with Crippen molar-refractivity contribution in [2.45, 2.75) is 13.1 Å². The summed E-state index contributed by atoms with van der Waals surface area (Å²) < 4.78 is 38.9. The van der Waals surface area contributed by atoms with Crippen LogP contribution in [-0.2, 0) is 0 Å². The number of hydrogen-bond acceptors (Lipinski definition) is 3. The number of carbonyl (C=O) groups excluding carboxylic acids is 1. The van der Waals surface area contributed by atoms with Crippen molar-refractivity contribution < 1.29 is 18.0 Å². The van der Waals surface area contributed by atoms with Gasteiger partial charge in [0.05, 0.1) is 21.7 Å². The fourth-order valence-electron chi connectivity index (χ4n) is 2.39. The van der Waals surface area contributed by atoms with Gasteiger partial charge in [-0.15, -0.1) is 23.7 Å². The molecule has 2 aromatic heterocycles. The smallest absolute Gasteiger partial charge is 0.284 e. The highest BCUT2D eigenvalue weighted by Crippen LogP contribution is 2.35. The molecule has 2 nitrogen and oxygen atoms in total. The number of aryl methyl sites for hydroxylation is 1. The van der Waals surface area contributed by atoms with Crippen LogP contribution in [0.3, 0.4) is 0 Å². The van der Waals surface area contributed by atoms with Crippen LogP contribution in [0.1, 0.15) is 15.9 Å². The number of benzene rings is 1. The summed E-state index contributed by atoms with van der Waals surface area (Å²) in [4.78, 5) is 16.7. The molecule has 0 N–H and O–H groups in total. The molecule has 23 heavy (non-hydrogen) atoms. The Kier molecular flexibility index (Phi) is 4.77. The second-order valence-corrected chi connectivity index (χ2v) is 5.73. The molecule has 0 fully saturated rings. The van der Waals surface area contributed by atoms with Gasteiger partial charge in [0.25, 0.3) is 5.78 Å². The van der Waals surface area contributed by atoms with Gasteiger partial charge < -0.3 is 0 Å². The molecule has 0 spiro atoms. The first kappa shape index (κ1) is 17.4. The van der Waals surface area contributed by atoms with E-state index >= 15 is 0 Å². The minimum absolute atomic E-state index is 0. The predicted molar refractivity (Wildman–Crippen MR) is 87.4 cm³/mol. The maximum absolute atomic E-state index is 13.0. The number of halogens is 4. The van der Waals surface area contributed by atoms with Crippen molar-refractivity contribution in [2.75, 3.05) is 0 Å². The Morgan fingerprint density at radius 3 is 2.43 bits per heavy atom. The van der Waals surface area contributed by atoms with E-state index < -0.39 is 12.0 Å². The number of thiophene rings is 1. The first-order valence-corrected chi connectivity index (χ1v) is 7.32. The van der Waals surface area contributed by atoms with Gasteiger partial charge in [0, 0.05) is 5.39 Å². The number of ketones is 1. The third-order valence-corrected chi connectivity index (χ3v) is 4.27. The van der Waals surface area contributed by atoms with Gasteiger partial charge in [0.2, 0.25) is 0 Å². The van der Waals surface area contributed by atoms with Gasteiger partial charge >= 0.3 is 6.18 Å². The monoisotopic (exact) mass is 357 g/mol. The van der Waals surface area contributed by atoms with Crippen LogP contribution in [0.2, 0.25) is 0 Å². The number of Topliss-reactive ketones (excluding diaryl/α,β-unsaturated/α-hetero) is 1. The SMILES string of the molecule is Cc1c(C(=O)C(F)(F)F)c(-c2cccs2)nc2ccccc12.Cl. The molecule has 0 bridgehead atoms. The number of pyridine rings is 1. The lowest BCUT2D eigenvalue weighted by Crippen LogP contribution is -2.24. The van der Waals surface area contributed by atoms with E-state index in [1.54, 1.807) is 41.8 Å². The number of hydrogen-bond donors (Lipinski definition) is 0. The van der Waals surface area contributed by atoms with Gasteiger partial charge in [-0.3, -0.25) is 4.79 Å². The van der Waals surface area contributed by atoms with Crippen molar-refractivity contribution in [2.24, 2.45) is 0 Å². The molecule has 0 aliphatic carbocycles. The van der Waals surface area contributed by atoms with E-state index in [1.165, 1.54) is 18.3 Å². The minimum Gasteiger partial charge on any atom is -0.284 e. The lowest BCUT2D eigenvalue weighted by Gasteiger charge is -2.14. The zero-order valence-electron chi connectivity index (χ0n) is 11.8. The summed E-state index contributed by atoms with van der Waals surface area (Å²) in [6, 6.07) is 10.2. The Hall–Kier alpha value is -1.92. The predicted octanol–water partition coefficient (Wildman–Crippen LogP) is 5.44. The van der Waals surface area contributed by atoms with E-state index in [0.717, 1.165) is 0 Å². The summed E-state index contributed by atoms with van der Waals surface area (Å²) in [7, 11) is 0. The summed E-state index contributed by atoms with van der Waals surface area (Å²) in [5.41, 5.74) is 0.598. The molecule has 0 radical (unpaired) electrons. The number of fused-ring (bicyclic) bond motifs is 1. The van der Waals surface area contributed by atoms with Crippen molar-refractivity contribution in [1.29, 1.82) is 0 Å². The Labute approximate surface area is 140 Å². The molecular weight excluding hydrogens is 347 g/mol. The summed E-state index contributed by atoms with van der Waals surface area (Å²) in [6.07, 6.45) is -4.93. The Morgan fingerprint density at radius 2 is 1.83 bits per heavy atom. The average Bonchev–Trinajstić information content (AvgIpc) is 2.99. The van der Waals surface area contributed by atoms with E-state index in [1.807, 2.05) is 0 Å². The van der Waals surface area contributed by atoms with Gasteiger partial charge in [-0.25, -0.2) is 4.98 Å². The third-order valence-electron chi connectivity index (χ3n) is 3.39. The number of carbonyl (C=O) groups is 1. The maximum atomic E-state index is 13.0. The van der Waals surface area contributed by atoms with Crippen molar-refractivity contribution in [3.8, 4) is 10.6 Å². The molecule has 7 heteroatoms. The highest BCUT2D eigenvalue weighted by Gasteiger charge is 2.42. The number of alkyl halides is 3. The van der Waals surface area contributed by atoms with Crippen molar-refractivity contribution in [3.05, 3.63) is 52.9 Å². The largest absolute Gasteiger partial charge is 0.454 e. The Bertz CT molecular complexity index is 860. The first-order valence-electron chi connectivity index (χ1n) is 6.44. The average molecular weight is 358 g/mol. The molecule has 120 valence electrons. The van der Waals surface area contributed by atoms with E-state index in [4.69, 9.17) is 0 Å². The molecule has 2 heterocycles. The normalized spacial score (nSPS) is 11.3. The van der Waals surface area contributed by atoms with Gasteiger partial charge in [0.1, 0.15) is 0 Å². The van der Waals surface area contributed by atoms with Gasteiger partial charge in [0.15, 0.2) is 0 Å². The van der Waals surface area contributed by atoms with E-state index in [2.05, 4.69) is 4.98 Å². The van der Waals surface area contributed by atoms with E-state index in [9.17, 15) is 18.0 Å². The summed E-state index contributed by atoms with van der Waals surface area (Å²) in [6.45, 7) is 1.53. The third kappa shape index (κ3) is 3.09.